The molecule has 21 heavy (non-hydrogen) atoms. The largest absolute Gasteiger partial charge is 0.490 e. The molecule has 0 saturated carbocycles. The molecule has 1 fully saturated rings. The van der Waals surface area contributed by atoms with Gasteiger partial charge >= 0.3 is 5.69 Å². The fourth-order valence-corrected chi connectivity index (χ4v) is 2.51. The monoisotopic (exact) mass is 314 g/mol. The second-order valence-corrected chi connectivity index (χ2v) is 4.81. The van der Waals surface area contributed by atoms with Gasteiger partial charge in [0.05, 0.1) is 36.9 Å². The highest BCUT2D eigenvalue weighted by molar-refractivity contribution is 6.18. The van der Waals surface area contributed by atoms with E-state index in [9.17, 15) is 14.9 Å². The first-order chi connectivity index (χ1) is 10.1. The van der Waals surface area contributed by atoms with E-state index in [1.54, 1.807) is 4.90 Å². The highest BCUT2D eigenvalue weighted by Crippen LogP contribution is 2.32. The zero-order valence-electron chi connectivity index (χ0n) is 11.5. The number of hydrogen-bond donors (Lipinski definition) is 0. The van der Waals surface area contributed by atoms with Gasteiger partial charge in [0.25, 0.3) is 5.91 Å². The number of amides is 1. The second-order valence-electron chi connectivity index (χ2n) is 4.50. The minimum absolute atomic E-state index is 0.0349. The van der Waals surface area contributed by atoms with E-state index in [1.807, 2.05) is 0 Å². The lowest BCUT2D eigenvalue weighted by Crippen LogP contribution is -2.49. The smallest absolute Gasteiger partial charge is 0.311 e. The molecule has 0 radical (unpaired) electrons. The number of carbonyl (C=O) groups is 1. The standard InChI is InChI=1S/C13H15ClN2O5/c1-20-12-10(3-2-4-11(12)16(18)19)13(17)15-5-6-21-8-9(15)7-14/h2-4,9H,5-8H2,1H3. The molecule has 7 nitrogen and oxygen atoms in total. The third kappa shape index (κ3) is 3.08. The van der Waals surface area contributed by atoms with Gasteiger partial charge in [0.2, 0.25) is 5.75 Å². The Bertz CT molecular complexity index is 551. The Morgan fingerprint density at radius 3 is 3.00 bits per heavy atom. The SMILES string of the molecule is COc1c(C(=O)N2CCOCC2CCl)cccc1[N+](=O)[O-]. The number of ether oxygens (including phenoxy) is 2. The molecule has 1 unspecified atom stereocenters. The number of nitro groups is 1. The predicted molar refractivity (Wildman–Crippen MR) is 76.0 cm³/mol. The molecule has 0 bridgehead atoms. The number of carbonyl (C=O) groups excluding carboxylic acids is 1. The van der Waals surface area contributed by atoms with Gasteiger partial charge in [-0.05, 0) is 6.07 Å². The summed E-state index contributed by atoms with van der Waals surface area (Å²) < 4.78 is 10.4. The normalized spacial score (nSPS) is 18.4. The highest BCUT2D eigenvalue weighted by Gasteiger charge is 2.31. The molecule has 0 aliphatic carbocycles. The number of benzene rings is 1. The van der Waals surface area contributed by atoms with Crippen LogP contribution in [-0.4, -0.2) is 54.5 Å². The number of nitrogens with zero attached hydrogens (tertiary/aromatic N) is 2. The second kappa shape index (κ2) is 6.73. The van der Waals surface area contributed by atoms with Gasteiger partial charge in [0, 0.05) is 18.5 Å². The van der Waals surface area contributed by atoms with Crippen molar-refractivity contribution in [3.63, 3.8) is 0 Å². The van der Waals surface area contributed by atoms with Crippen molar-refractivity contribution in [2.45, 2.75) is 6.04 Å². The molecule has 1 atom stereocenters. The summed E-state index contributed by atoms with van der Waals surface area (Å²) in [6.45, 7) is 1.16. The molecule has 1 amide bonds. The third-order valence-electron chi connectivity index (χ3n) is 3.29. The quantitative estimate of drug-likeness (QED) is 0.480. The fraction of sp³-hybridized carbons (Fsp3) is 0.462. The molecule has 1 aliphatic rings. The zero-order chi connectivity index (χ0) is 15.4. The third-order valence-corrected chi connectivity index (χ3v) is 3.65. The van der Waals surface area contributed by atoms with Crippen LogP contribution in [0.1, 0.15) is 10.4 Å². The molecule has 8 heteroatoms. The zero-order valence-corrected chi connectivity index (χ0v) is 12.2. The Morgan fingerprint density at radius 1 is 1.62 bits per heavy atom. The van der Waals surface area contributed by atoms with Crippen molar-refractivity contribution in [2.75, 3.05) is 32.7 Å². The van der Waals surface area contributed by atoms with Crippen LogP contribution in [0.4, 0.5) is 5.69 Å². The minimum atomic E-state index is -0.575. The lowest BCUT2D eigenvalue weighted by molar-refractivity contribution is -0.385. The molecule has 0 spiro atoms. The van der Waals surface area contributed by atoms with Gasteiger partial charge < -0.3 is 14.4 Å². The van der Waals surface area contributed by atoms with Gasteiger partial charge in [0.15, 0.2) is 0 Å². The number of methoxy groups -OCH3 is 1. The molecule has 1 aliphatic heterocycles. The van der Waals surface area contributed by atoms with Crippen molar-refractivity contribution in [1.29, 1.82) is 0 Å². The maximum Gasteiger partial charge on any atom is 0.311 e. The Labute approximate surface area is 126 Å². The molecule has 114 valence electrons. The average Bonchev–Trinajstić information content (AvgIpc) is 2.53. The van der Waals surface area contributed by atoms with Crippen molar-refractivity contribution < 1.29 is 19.2 Å². The number of hydrogen-bond acceptors (Lipinski definition) is 5. The van der Waals surface area contributed by atoms with Crippen molar-refractivity contribution in [3.05, 3.63) is 33.9 Å². The molecular formula is C13H15ClN2O5. The van der Waals surface area contributed by atoms with Crippen molar-refractivity contribution >= 4 is 23.2 Å². The Morgan fingerprint density at radius 2 is 2.38 bits per heavy atom. The van der Waals surface area contributed by atoms with Crippen LogP contribution in [0.2, 0.25) is 0 Å². The lowest BCUT2D eigenvalue weighted by Gasteiger charge is -2.34. The van der Waals surface area contributed by atoms with E-state index in [0.717, 1.165) is 0 Å². The van der Waals surface area contributed by atoms with Crippen molar-refractivity contribution in [3.8, 4) is 5.75 Å². The van der Waals surface area contributed by atoms with Crippen LogP contribution in [0.25, 0.3) is 0 Å². The van der Waals surface area contributed by atoms with Crippen LogP contribution in [0.15, 0.2) is 18.2 Å². The van der Waals surface area contributed by atoms with Gasteiger partial charge in [-0.3, -0.25) is 14.9 Å². The first-order valence-electron chi connectivity index (χ1n) is 6.36. The fourth-order valence-electron chi connectivity index (χ4n) is 2.26. The van der Waals surface area contributed by atoms with E-state index in [4.69, 9.17) is 21.1 Å². The van der Waals surface area contributed by atoms with Crippen LogP contribution in [-0.2, 0) is 4.74 Å². The number of rotatable bonds is 4. The van der Waals surface area contributed by atoms with Crippen LogP contribution >= 0.6 is 11.6 Å². The Hall–Kier alpha value is -1.86. The summed E-state index contributed by atoms with van der Waals surface area (Å²) >= 11 is 5.85. The molecule has 1 aromatic rings. The molecule has 1 aromatic carbocycles. The summed E-state index contributed by atoms with van der Waals surface area (Å²) in [5.74, 6) is -0.139. The number of para-hydroxylation sites is 1. The summed E-state index contributed by atoms with van der Waals surface area (Å²) in [6, 6.07) is 4.02. The van der Waals surface area contributed by atoms with Gasteiger partial charge in [-0.1, -0.05) is 6.07 Å². The highest BCUT2D eigenvalue weighted by atomic mass is 35.5. The van der Waals surface area contributed by atoms with E-state index < -0.39 is 4.92 Å². The van der Waals surface area contributed by atoms with Gasteiger partial charge in [-0.2, -0.15) is 0 Å². The molecule has 0 N–H and O–H groups in total. The maximum absolute atomic E-state index is 12.6. The van der Waals surface area contributed by atoms with Crippen molar-refractivity contribution in [1.82, 2.24) is 4.90 Å². The Balaban J connectivity index is 2.38. The van der Waals surface area contributed by atoms with E-state index in [0.29, 0.717) is 19.8 Å². The van der Waals surface area contributed by atoms with E-state index in [1.165, 1.54) is 25.3 Å². The maximum atomic E-state index is 12.6. The molecule has 0 aromatic heterocycles. The summed E-state index contributed by atoms with van der Waals surface area (Å²) in [5.41, 5.74) is -0.0808. The summed E-state index contributed by atoms with van der Waals surface area (Å²) in [6.07, 6.45) is 0. The number of morpholine rings is 1. The molecular weight excluding hydrogens is 300 g/mol. The average molecular weight is 315 g/mol. The summed E-state index contributed by atoms with van der Waals surface area (Å²) in [5, 5.41) is 11.0. The first-order valence-corrected chi connectivity index (χ1v) is 6.89. The first kappa shape index (κ1) is 15.5. The van der Waals surface area contributed by atoms with Gasteiger partial charge in [-0.25, -0.2) is 0 Å². The number of alkyl halides is 1. The van der Waals surface area contributed by atoms with Crippen molar-refractivity contribution in [2.24, 2.45) is 0 Å². The van der Waals surface area contributed by atoms with Crippen LogP contribution < -0.4 is 4.74 Å². The lowest BCUT2D eigenvalue weighted by atomic mass is 10.1. The van der Waals surface area contributed by atoms with Gasteiger partial charge in [-0.15, -0.1) is 11.6 Å². The molecule has 2 rings (SSSR count). The van der Waals surface area contributed by atoms with E-state index >= 15 is 0 Å². The van der Waals surface area contributed by atoms with E-state index in [-0.39, 0.29) is 34.8 Å². The van der Waals surface area contributed by atoms with Crippen LogP contribution in [0.3, 0.4) is 0 Å². The van der Waals surface area contributed by atoms with Gasteiger partial charge in [0.1, 0.15) is 0 Å². The minimum Gasteiger partial charge on any atom is -0.490 e. The summed E-state index contributed by atoms with van der Waals surface area (Å²) in [7, 11) is 1.30. The van der Waals surface area contributed by atoms with Crippen LogP contribution in [0.5, 0.6) is 5.75 Å². The topological polar surface area (TPSA) is 81.9 Å². The molecule has 1 saturated heterocycles. The number of nitro benzene ring substituents is 1. The Kier molecular flexibility index (Phi) is 4.98. The number of halogens is 1. The van der Waals surface area contributed by atoms with Crippen LogP contribution in [0, 0.1) is 10.1 Å². The van der Waals surface area contributed by atoms with E-state index in [2.05, 4.69) is 0 Å². The predicted octanol–water partition coefficient (Wildman–Crippen LogP) is 1.68. The summed E-state index contributed by atoms with van der Waals surface area (Å²) in [4.78, 5) is 24.6. The molecule has 1 heterocycles.